The number of likely N-dealkylation sites (N-methyl/N-ethyl adjacent to an activating group) is 1. The van der Waals surface area contributed by atoms with Crippen LogP contribution in [0.1, 0.15) is 26.7 Å². The molecule has 4 heteroatoms. The highest BCUT2D eigenvalue weighted by atomic mass is 16.2. The van der Waals surface area contributed by atoms with Gasteiger partial charge >= 0.3 is 0 Å². The molecular weight excluding hydrogens is 178 g/mol. The quantitative estimate of drug-likeness (QED) is 0.639. The molecule has 0 aromatic heterocycles. The third-order valence-corrected chi connectivity index (χ3v) is 2.09. The van der Waals surface area contributed by atoms with E-state index in [9.17, 15) is 4.79 Å². The number of nitrogens with one attached hydrogen (secondary N) is 1. The van der Waals surface area contributed by atoms with Gasteiger partial charge in [-0.3, -0.25) is 9.69 Å². The molecule has 1 atom stereocenters. The van der Waals surface area contributed by atoms with Gasteiger partial charge in [0.2, 0.25) is 5.91 Å². The van der Waals surface area contributed by atoms with Crippen LogP contribution in [0.15, 0.2) is 0 Å². The molecule has 0 rings (SSSR count). The van der Waals surface area contributed by atoms with Crippen molar-refractivity contribution in [2.75, 3.05) is 20.1 Å². The second-order valence-corrected chi connectivity index (χ2v) is 3.42. The predicted molar refractivity (Wildman–Crippen MR) is 55.6 cm³/mol. The van der Waals surface area contributed by atoms with E-state index in [-0.39, 0.29) is 11.9 Å². The van der Waals surface area contributed by atoms with Crippen molar-refractivity contribution in [3.8, 4) is 6.07 Å². The lowest BCUT2D eigenvalue weighted by Crippen LogP contribution is -2.39. The fraction of sp³-hybridized carbons (Fsp3) is 0.800. The van der Waals surface area contributed by atoms with E-state index in [4.69, 9.17) is 5.26 Å². The predicted octanol–water partition coefficient (Wildman–Crippen LogP) is 0.747. The maximum atomic E-state index is 11.3. The molecule has 1 N–H and O–H groups in total. The van der Waals surface area contributed by atoms with Gasteiger partial charge in [0, 0.05) is 6.54 Å². The Morgan fingerprint density at radius 1 is 1.64 bits per heavy atom. The zero-order valence-corrected chi connectivity index (χ0v) is 9.21. The molecule has 0 bridgehead atoms. The maximum Gasteiger partial charge on any atom is 0.234 e. The standard InChI is InChI=1S/C10H19N3O/c1-4-5-6-12-10(14)8-13(3)9(2)7-11/h9H,4-6,8H2,1-3H3,(H,12,14). The van der Waals surface area contributed by atoms with Crippen LogP contribution in [-0.4, -0.2) is 37.0 Å². The van der Waals surface area contributed by atoms with Crippen LogP contribution in [0.4, 0.5) is 0 Å². The Bertz CT molecular complexity index is 210. The monoisotopic (exact) mass is 197 g/mol. The largest absolute Gasteiger partial charge is 0.355 e. The maximum absolute atomic E-state index is 11.3. The van der Waals surface area contributed by atoms with Crippen molar-refractivity contribution in [2.45, 2.75) is 32.7 Å². The summed E-state index contributed by atoms with van der Waals surface area (Å²) >= 11 is 0. The second-order valence-electron chi connectivity index (χ2n) is 3.42. The van der Waals surface area contributed by atoms with Crippen molar-refractivity contribution < 1.29 is 4.79 Å². The third-order valence-electron chi connectivity index (χ3n) is 2.09. The van der Waals surface area contributed by atoms with Crippen molar-refractivity contribution in [3.05, 3.63) is 0 Å². The van der Waals surface area contributed by atoms with Crippen molar-refractivity contribution in [2.24, 2.45) is 0 Å². The van der Waals surface area contributed by atoms with Gasteiger partial charge < -0.3 is 5.32 Å². The molecule has 4 nitrogen and oxygen atoms in total. The van der Waals surface area contributed by atoms with Crippen LogP contribution in [0.2, 0.25) is 0 Å². The average molecular weight is 197 g/mol. The minimum Gasteiger partial charge on any atom is -0.355 e. The number of rotatable bonds is 6. The Hall–Kier alpha value is -1.08. The highest BCUT2D eigenvalue weighted by molar-refractivity contribution is 5.78. The van der Waals surface area contributed by atoms with E-state index in [2.05, 4.69) is 18.3 Å². The summed E-state index contributed by atoms with van der Waals surface area (Å²) in [5.41, 5.74) is 0. The first kappa shape index (κ1) is 12.9. The highest BCUT2D eigenvalue weighted by Crippen LogP contribution is 1.92. The molecule has 1 unspecified atom stereocenters. The number of amides is 1. The molecule has 0 aromatic carbocycles. The lowest BCUT2D eigenvalue weighted by Gasteiger charge is -2.17. The molecule has 0 saturated carbocycles. The first-order chi connectivity index (χ1) is 6.61. The van der Waals surface area contributed by atoms with E-state index in [0.717, 1.165) is 19.4 Å². The van der Waals surface area contributed by atoms with Gasteiger partial charge in [-0.25, -0.2) is 0 Å². The summed E-state index contributed by atoms with van der Waals surface area (Å²) in [6.07, 6.45) is 2.08. The van der Waals surface area contributed by atoms with Gasteiger partial charge in [0.15, 0.2) is 0 Å². The Morgan fingerprint density at radius 2 is 2.29 bits per heavy atom. The van der Waals surface area contributed by atoms with Crippen LogP contribution in [0.25, 0.3) is 0 Å². The van der Waals surface area contributed by atoms with Crippen LogP contribution in [-0.2, 0) is 4.79 Å². The number of carbonyl (C=O) groups excluding carboxylic acids is 1. The minimum absolute atomic E-state index is 0.0111. The summed E-state index contributed by atoms with van der Waals surface area (Å²) in [7, 11) is 1.77. The third kappa shape index (κ3) is 5.55. The van der Waals surface area contributed by atoms with Crippen molar-refractivity contribution in [1.29, 1.82) is 5.26 Å². The van der Waals surface area contributed by atoms with Gasteiger partial charge in [-0.1, -0.05) is 13.3 Å². The zero-order valence-electron chi connectivity index (χ0n) is 9.21. The molecule has 0 heterocycles. The number of carbonyl (C=O) groups is 1. The van der Waals surface area contributed by atoms with Crippen LogP contribution < -0.4 is 5.32 Å². The first-order valence-corrected chi connectivity index (χ1v) is 4.98. The molecule has 0 radical (unpaired) electrons. The second kappa shape index (κ2) is 7.34. The van der Waals surface area contributed by atoms with Gasteiger partial charge in [0.05, 0.1) is 18.7 Å². The lowest BCUT2D eigenvalue weighted by atomic mass is 10.3. The number of nitrogens with zero attached hydrogens (tertiary/aromatic N) is 2. The topological polar surface area (TPSA) is 56.1 Å². The van der Waals surface area contributed by atoms with Crippen LogP contribution in [0.3, 0.4) is 0 Å². The fourth-order valence-electron chi connectivity index (χ4n) is 0.922. The van der Waals surface area contributed by atoms with Crippen LogP contribution >= 0.6 is 0 Å². The molecule has 0 spiro atoms. The fourth-order valence-corrected chi connectivity index (χ4v) is 0.922. The normalized spacial score (nSPS) is 12.2. The number of unbranched alkanes of at least 4 members (excludes halogenated alkanes) is 1. The Labute approximate surface area is 85.9 Å². The van der Waals surface area contributed by atoms with Crippen molar-refractivity contribution in [3.63, 3.8) is 0 Å². The Balaban J connectivity index is 3.67. The van der Waals surface area contributed by atoms with E-state index in [1.54, 1.807) is 18.9 Å². The average Bonchev–Trinajstić information content (AvgIpc) is 2.16. The summed E-state index contributed by atoms with van der Waals surface area (Å²) in [6, 6.07) is 1.87. The smallest absolute Gasteiger partial charge is 0.234 e. The van der Waals surface area contributed by atoms with Crippen molar-refractivity contribution in [1.82, 2.24) is 10.2 Å². The zero-order chi connectivity index (χ0) is 11.0. The van der Waals surface area contributed by atoms with Gasteiger partial charge in [-0.15, -0.1) is 0 Å². The number of nitriles is 1. The minimum atomic E-state index is -0.216. The molecular formula is C10H19N3O. The van der Waals surface area contributed by atoms with Crippen LogP contribution in [0.5, 0.6) is 0 Å². The Morgan fingerprint density at radius 3 is 2.79 bits per heavy atom. The van der Waals surface area contributed by atoms with Gasteiger partial charge in [0.25, 0.3) is 0 Å². The SMILES string of the molecule is CCCCNC(=O)CN(C)C(C)C#N. The Kier molecular flexibility index (Phi) is 6.77. The van der Waals surface area contributed by atoms with E-state index in [0.29, 0.717) is 6.54 Å². The van der Waals surface area contributed by atoms with Gasteiger partial charge in [-0.05, 0) is 20.4 Å². The van der Waals surface area contributed by atoms with E-state index in [1.165, 1.54) is 0 Å². The molecule has 1 amide bonds. The molecule has 0 aliphatic heterocycles. The number of hydrogen-bond donors (Lipinski definition) is 1. The molecule has 0 aromatic rings. The van der Waals surface area contributed by atoms with Crippen LogP contribution in [0, 0.1) is 11.3 Å². The summed E-state index contributed by atoms with van der Waals surface area (Å²) < 4.78 is 0. The molecule has 0 aliphatic rings. The summed E-state index contributed by atoms with van der Waals surface area (Å²) in [5.74, 6) is -0.0111. The molecule has 0 aliphatic carbocycles. The summed E-state index contributed by atoms with van der Waals surface area (Å²) in [4.78, 5) is 13.0. The summed E-state index contributed by atoms with van der Waals surface area (Å²) in [5, 5.41) is 11.4. The van der Waals surface area contributed by atoms with E-state index < -0.39 is 0 Å². The first-order valence-electron chi connectivity index (χ1n) is 4.98. The van der Waals surface area contributed by atoms with Gasteiger partial charge in [-0.2, -0.15) is 5.26 Å². The lowest BCUT2D eigenvalue weighted by molar-refractivity contribution is -0.122. The van der Waals surface area contributed by atoms with Crippen molar-refractivity contribution >= 4 is 5.91 Å². The highest BCUT2D eigenvalue weighted by Gasteiger charge is 2.11. The molecule has 80 valence electrons. The molecule has 0 saturated heterocycles. The number of hydrogen-bond acceptors (Lipinski definition) is 3. The summed E-state index contributed by atoms with van der Waals surface area (Å²) in [6.45, 7) is 4.87. The molecule has 14 heavy (non-hydrogen) atoms. The van der Waals surface area contributed by atoms with E-state index in [1.807, 2.05) is 0 Å². The molecule has 0 fully saturated rings. The van der Waals surface area contributed by atoms with E-state index >= 15 is 0 Å². The van der Waals surface area contributed by atoms with Gasteiger partial charge in [0.1, 0.15) is 0 Å².